The Hall–Kier alpha value is -2.46. The highest BCUT2D eigenvalue weighted by Crippen LogP contribution is 2.31. The molecule has 0 radical (unpaired) electrons. The number of hydrogen-bond donors (Lipinski definition) is 2. The number of nitrogen functional groups attached to an aromatic ring is 1. The highest BCUT2D eigenvalue weighted by Gasteiger charge is 2.23. The molecule has 4 rings (SSSR count). The minimum atomic E-state index is 0. The van der Waals surface area contributed by atoms with Crippen LogP contribution in [0, 0.1) is 0 Å². The zero-order valence-corrected chi connectivity index (χ0v) is 14.8. The molecule has 0 bridgehead atoms. The zero-order valence-electron chi connectivity index (χ0n) is 14.0. The minimum absolute atomic E-state index is 0. The molecule has 2 aromatic carbocycles. The molecule has 0 aliphatic carbocycles. The molecule has 2 heterocycles. The molecule has 0 spiro atoms. The molecule has 1 aliphatic rings. The topological polar surface area (TPSA) is 60.0 Å². The molecule has 1 aliphatic heterocycles. The van der Waals surface area contributed by atoms with Gasteiger partial charge >= 0.3 is 0 Å². The third-order valence-corrected chi connectivity index (χ3v) is 4.76. The van der Waals surface area contributed by atoms with Gasteiger partial charge < -0.3 is 11.1 Å². The van der Waals surface area contributed by atoms with Gasteiger partial charge in [0.05, 0.1) is 5.52 Å². The third kappa shape index (κ3) is 3.22. The van der Waals surface area contributed by atoms with E-state index in [2.05, 4.69) is 23.5 Å². The van der Waals surface area contributed by atoms with Gasteiger partial charge in [-0.15, -0.1) is 12.4 Å². The second-order valence-corrected chi connectivity index (χ2v) is 6.32. The second-order valence-electron chi connectivity index (χ2n) is 6.32. The highest BCUT2D eigenvalue weighted by atomic mass is 35.5. The van der Waals surface area contributed by atoms with Gasteiger partial charge in [-0.3, -0.25) is 9.36 Å². The standard InChI is InChI=1S/C20H21N3O.ClH/c21-14-8-10-15(11-9-14)22-13-12-17-16-4-1-2-5-18(16)23-19(17)6-3-7-20(23)24;/h1-2,4-5,8-11,22H,3,6-7,12-13,21H2;1H. The summed E-state index contributed by atoms with van der Waals surface area (Å²) in [7, 11) is 0. The van der Waals surface area contributed by atoms with E-state index in [1.165, 1.54) is 16.6 Å². The first-order valence-corrected chi connectivity index (χ1v) is 8.48. The summed E-state index contributed by atoms with van der Waals surface area (Å²) in [6.07, 6.45) is 3.49. The fraction of sp³-hybridized carbons (Fsp3) is 0.250. The first-order chi connectivity index (χ1) is 11.7. The van der Waals surface area contributed by atoms with Gasteiger partial charge in [0, 0.05) is 35.4 Å². The lowest BCUT2D eigenvalue weighted by atomic mass is 10.0. The first-order valence-electron chi connectivity index (χ1n) is 8.48. The van der Waals surface area contributed by atoms with Crippen molar-refractivity contribution in [3.8, 4) is 0 Å². The smallest absolute Gasteiger partial charge is 0.231 e. The van der Waals surface area contributed by atoms with Crippen molar-refractivity contribution in [1.29, 1.82) is 0 Å². The lowest BCUT2D eigenvalue weighted by Gasteiger charge is -2.16. The van der Waals surface area contributed by atoms with E-state index in [1.807, 2.05) is 34.9 Å². The Morgan fingerprint density at radius 2 is 1.80 bits per heavy atom. The van der Waals surface area contributed by atoms with Gasteiger partial charge in [0.2, 0.25) is 5.91 Å². The number of benzene rings is 2. The summed E-state index contributed by atoms with van der Waals surface area (Å²) < 4.78 is 1.94. The molecule has 5 heteroatoms. The van der Waals surface area contributed by atoms with Gasteiger partial charge in [-0.2, -0.15) is 0 Å². The molecule has 0 saturated heterocycles. The summed E-state index contributed by atoms with van der Waals surface area (Å²) in [5.41, 5.74) is 11.1. The van der Waals surface area contributed by atoms with Crippen molar-refractivity contribution in [2.75, 3.05) is 17.6 Å². The van der Waals surface area contributed by atoms with E-state index < -0.39 is 0 Å². The zero-order chi connectivity index (χ0) is 16.5. The maximum absolute atomic E-state index is 12.4. The van der Waals surface area contributed by atoms with Crippen LogP contribution in [0.4, 0.5) is 11.4 Å². The molecule has 0 fully saturated rings. The molecular weight excluding hydrogens is 334 g/mol. The highest BCUT2D eigenvalue weighted by molar-refractivity contribution is 5.96. The van der Waals surface area contributed by atoms with Crippen LogP contribution in [0.5, 0.6) is 0 Å². The van der Waals surface area contributed by atoms with Crippen LogP contribution in [0.3, 0.4) is 0 Å². The third-order valence-electron chi connectivity index (χ3n) is 4.76. The number of nitrogens with one attached hydrogen (secondary N) is 1. The minimum Gasteiger partial charge on any atom is -0.399 e. The van der Waals surface area contributed by atoms with E-state index in [-0.39, 0.29) is 18.3 Å². The Balaban J connectivity index is 0.00000182. The predicted molar refractivity (Wildman–Crippen MR) is 106 cm³/mol. The summed E-state index contributed by atoms with van der Waals surface area (Å²) in [5, 5.41) is 4.65. The van der Waals surface area contributed by atoms with Crippen LogP contribution in [0.2, 0.25) is 0 Å². The number of halogens is 1. The Kier molecular flexibility index (Phi) is 5.00. The maximum atomic E-state index is 12.4. The van der Waals surface area contributed by atoms with Crippen molar-refractivity contribution in [2.45, 2.75) is 25.7 Å². The van der Waals surface area contributed by atoms with E-state index >= 15 is 0 Å². The normalized spacial score (nSPS) is 13.4. The van der Waals surface area contributed by atoms with E-state index in [9.17, 15) is 4.79 Å². The van der Waals surface area contributed by atoms with Gasteiger partial charge in [-0.05, 0) is 55.2 Å². The van der Waals surface area contributed by atoms with Crippen LogP contribution in [0.25, 0.3) is 10.9 Å². The number of fused-ring (bicyclic) bond motifs is 3. The average Bonchev–Trinajstić information content (AvgIpc) is 2.92. The van der Waals surface area contributed by atoms with Crippen molar-refractivity contribution in [1.82, 2.24) is 4.57 Å². The summed E-state index contributed by atoms with van der Waals surface area (Å²) >= 11 is 0. The fourth-order valence-electron chi connectivity index (χ4n) is 3.64. The van der Waals surface area contributed by atoms with Crippen LogP contribution in [0.1, 0.15) is 28.9 Å². The largest absolute Gasteiger partial charge is 0.399 e. The van der Waals surface area contributed by atoms with Gasteiger partial charge in [-0.25, -0.2) is 0 Å². The Bertz CT molecular complexity index is 899. The molecule has 0 saturated carbocycles. The molecule has 3 N–H and O–H groups in total. The molecule has 130 valence electrons. The molecule has 3 aromatic rings. The van der Waals surface area contributed by atoms with Crippen molar-refractivity contribution in [2.24, 2.45) is 0 Å². The Labute approximate surface area is 153 Å². The maximum Gasteiger partial charge on any atom is 0.231 e. The predicted octanol–water partition coefficient (Wildman–Crippen LogP) is 4.28. The van der Waals surface area contributed by atoms with E-state index in [0.29, 0.717) is 6.42 Å². The Morgan fingerprint density at radius 1 is 1.04 bits per heavy atom. The van der Waals surface area contributed by atoms with Crippen LogP contribution in [-0.2, 0) is 12.8 Å². The summed E-state index contributed by atoms with van der Waals surface area (Å²) in [6.45, 7) is 0.832. The second kappa shape index (κ2) is 7.19. The van der Waals surface area contributed by atoms with Gasteiger partial charge in [0.1, 0.15) is 0 Å². The number of carbonyl (C=O) groups is 1. The van der Waals surface area contributed by atoms with Crippen LogP contribution < -0.4 is 11.1 Å². The SMILES string of the molecule is Cl.Nc1ccc(NCCc2c3n(c4ccccc24)C(=O)CCC3)cc1. The number of nitrogens with two attached hydrogens (primary N) is 1. The molecule has 25 heavy (non-hydrogen) atoms. The van der Waals surface area contributed by atoms with Crippen molar-refractivity contribution in [3.63, 3.8) is 0 Å². The first kappa shape index (κ1) is 17.4. The molecule has 0 atom stereocenters. The molecule has 4 nitrogen and oxygen atoms in total. The van der Waals surface area contributed by atoms with Gasteiger partial charge in [-0.1, -0.05) is 18.2 Å². The number of para-hydroxylation sites is 1. The van der Waals surface area contributed by atoms with Crippen LogP contribution in [0.15, 0.2) is 48.5 Å². The number of nitrogens with zero attached hydrogens (tertiary/aromatic N) is 1. The van der Waals surface area contributed by atoms with Gasteiger partial charge in [0.15, 0.2) is 0 Å². The van der Waals surface area contributed by atoms with E-state index in [1.54, 1.807) is 0 Å². The van der Waals surface area contributed by atoms with Crippen molar-refractivity contribution in [3.05, 3.63) is 59.8 Å². The number of anilines is 2. The quantitative estimate of drug-likeness (QED) is 0.687. The number of hydrogen-bond acceptors (Lipinski definition) is 3. The number of carbonyl (C=O) groups excluding carboxylic acids is 1. The van der Waals surface area contributed by atoms with E-state index in [4.69, 9.17) is 5.73 Å². The molecule has 0 unspecified atom stereocenters. The van der Waals surface area contributed by atoms with E-state index in [0.717, 1.165) is 42.7 Å². The molecule has 0 amide bonds. The average molecular weight is 356 g/mol. The Morgan fingerprint density at radius 3 is 2.60 bits per heavy atom. The monoisotopic (exact) mass is 355 g/mol. The number of aromatic nitrogens is 1. The lowest BCUT2D eigenvalue weighted by Crippen LogP contribution is -2.19. The van der Waals surface area contributed by atoms with Crippen LogP contribution >= 0.6 is 12.4 Å². The molecule has 1 aromatic heterocycles. The molecular formula is C20H22ClN3O. The summed E-state index contributed by atoms with van der Waals surface area (Å²) in [4.78, 5) is 12.4. The fourth-order valence-corrected chi connectivity index (χ4v) is 3.64. The van der Waals surface area contributed by atoms with Gasteiger partial charge in [0.25, 0.3) is 0 Å². The lowest BCUT2D eigenvalue weighted by molar-refractivity contribution is 0.0889. The summed E-state index contributed by atoms with van der Waals surface area (Å²) in [6, 6.07) is 16.0. The summed E-state index contributed by atoms with van der Waals surface area (Å²) in [5.74, 6) is 0.227. The number of rotatable bonds is 4. The van der Waals surface area contributed by atoms with Crippen LogP contribution in [-0.4, -0.2) is 17.0 Å². The van der Waals surface area contributed by atoms with Crippen molar-refractivity contribution < 1.29 is 4.79 Å². The van der Waals surface area contributed by atoms with Crippen molar-refractivity contribution >= 4 is 40.6 Å².